The van der Waals surface area contributed by atoms with Gasteiger partial charge in [-0.25, -0.2) is 9.59 Å². The number of rotatable bonds is 40. The van der Waals surface area contributed by atoms with Gasteiger partial charge in [0.25, 0.3) is 5.91 Å². The molecule has 3 amide bonds. The molecule has 0 saturated heterocycles. The van der Waals surface area contributed by atoms with Crippen molar-refractivity contribution in [3.8, 4) is 0 Å². The molecule has 0 aromatic rings. The summed E-state index contributed by atoms with van der Waals surface area (Å²) in [5, 5.41) is 8.72. The second kappa shape index (κ2) is 37.0. The van der Waals surface area contributed by atoms with Gasteiger partial charge in [-0.05, 0) is 44.4 Å². The molecule has 8 heteroatoms. The van der Waals surface area contributed by atoms with E-state index in [2.05, 4.69) is 57.5 Å². The summed E-state index contributed by atoms with van der Waals surface area (Å²) in [4.78, 5) is 39.0. The monoisotopic (exact) mass is 808 g/mol. The Kier molecular flexibility index (Phi) is 35.7. The minimum Gasteiger partial charge on any atom is -0.445 e. The van der Waals surface area contributed by atoms with Gasteiger partial charge in [0.2, 0.25) is 6.10 Å². The lowest BCUT2D eigenvalue weighted by Gasteiger charge is -2.44. The van der Waals surface area contributed by atoms with Gasteiger partial charge in [-0.2, -0.15) is 0 Å². The fourth-order valence-corrected chi connectivity index (χ4v) is 7.74. The first-order valence-corrected chi connectivity index (χ1v) is 24.5. The molecule has 0 aliphatic carbocycles. The van der Waals surface area contributed by atoms with Crippen molar-refractivity contribution in [2.45, 2.75) is 266 Å². The summed E-state index contributed by atoms with van der Waals surface area (Å²) in [5.74, 6) is -0.0144. The van der Waals surface area contributed by atoms with Crippen LogP contribution in [0.3, 0.4) is 0 Å². The van der Waals surface area contributed by atoms with E-state index >= 15 is 0 Å². The zero-order valence-corrected chi connectivity index (χ0v) is 39.2. The topological polar surface area (TPSA) is 106 Å². The third-order valence-corrected chi connectivity index (χ3v) is 12.1. The molecule has 0 spiro atoms. The van der Waals surface area contributed by atoms with Crippen LogP contribution < -0.4 is 16.0 Å². The first kappa shape index (κ1) is 55.0. The average Bonchev–Trinajstić information content (AvgIpc) is 3.15. The van der Waals surface area contributed by atoms with E-state index in [1.54, 1.807) is 0 Å². The summed E-state index contributed by atoms with van der Waals surface area (Å²) < 4.78 is 11.0. The third-order valence-electron chi connectivity index (χ3n) is 12.1. The van der Waals surface area contributed by atoms with E-state index in [0.29, 0.717) is 19.0 Å². The van der Waals surface area contributed by atoms with E-state index in [-0.39, 0.29) is 12.0 Å². The summed E-state index contributed by atoms with van der Waals surface area (Å²) in [6.07, 6.45) is 37.0. The Bertz CT molecular complexity index is 953. The van der Waals surface area contributed by atoms with Crippen molar-refractivity contribution in [3.63, 3.8) is 0 Å². The van der Waals surface area contributed by atoms with Crippen molar-refractivity contribution in [2.75, 3.05) is 19.7 Å². The first-order valence-electron chi connectivity index (χ1n) is 24.5. The minimum absolute atomic E-state index is 0.220. The number of unbranched alkanes of at least 4 members (excludes halogenated alkanes) is 28. The van der Waals surface area contributed by atoms with Crippen LogP contribution >= 0.6 is 0 Å². The SMILES string of the molecule is CCCCCCCCCCCCCCCCCCNC(=O)OC(COC(=O)NCCCCCCCCCCCCCCCC)C(=O)NC(C)(C)C(C)(C)CC(C)C. The normalized spacial score (nSPS) is 12.4. The minimum atomic E-state index is -1.25. The second-order valence-electron chi connectivity index (χ2n) is 18.8. The van der Waals surface area contributed by atoms with Crippen molar-refractivity contribution < 1.29 is 23.9 Å². The molecule has 0 saturated carbocycles. The molecule has 0 aromatic heterocycles. The maximum atomic E-state index is 13.6. The zero-order valence-electron chi connectivity index (χ0n) is 39.2. The maximum Gasteiger partial charge on any atom is 0.408 e. The van der Waals surface area contributed by atoms with Gasteiger partial charge in [0.1, 0.15) is 6.61 Å². The van der Waals surface area contributed by atoms with Gasteiger partial charge >= 0.3 is 12.2 Å². The highest BCUT2D eigenvalue weighted by Gasteiger charge is 2.40. The van der Waals surface area contributed by atoms with E-state index in [1.165, 1.54) is 161 Å². The number of hydrogen-bond acceptors (Lipinski definition) is 5. The molecule has 57 heavy (non-hydrogen) atoms. The summed E-state index contributed by atoms with van der Waals surface area (Å²) >= 11 is 0. The molecular weight excluding hydrogens is 711 g/mol. The number of amides is 3. The fourth-order valence-electron chi connectivity index (χ4n) is 7.74. The molecule has 1 unspecified atom stereocenters. The van der Waals surface area contributed by atoms with Gasteiger partial charge in [0.15, 0.2) is 0 Å². The van der Waals surface area contributed by atoms with Gasteiger partial charge in [0, 0.05) is 18.6 Å². The van der Waals surface area contributed by atoms with Crippen molar-refractivity contribution in [1.29, 1.82) is 0 Å². The largest absolute Gasteiger partial charge is 0.445 e. The van der Waals surface area contributed by atoms with Gasteiger partial charge in [-0.3, -0.25) is 4.79 Å². The molecule has 0 heterocycles. The lowest BCUT2D eigenvalue weighted by Crippen LogP contribution is -2.57. The van der Waals surface area contributed by atoms with E-state index in [4.69, 9.17) is 9.47 Å². The van der Waals surface area contributed by atoms with Crippen LogP contribution in [-0.4, -0.2) is 49.4 Å². The molecule has 1 atom stereocenters. The molecule has 0 bridgehead atoms. The molecule has 0 rings (SSSR count). The van der Waals surface area contributed by atoms with Crippen molar-refractivity contribution in [1.82, 2.24) is 16.0 Å². The first-order chi connectivity index (χ1) is 27.4. The summed E-state index contributed by atoms with van der Waals surface area (Å²) in [7, 11) is 0. The van der Waals surface area contributed by atoms with Gasteiger partial charge in [0.05, 0.1) is 0 Å². The Balaban J connectivity index is 4.47. The van der Waals surface area contributed by atoms with Crippen molar-refractivity contribution >= 4 is 18.1 Å². The van der Waals surface area contributed by atoms with Crippen LogP contribution in [-0.2, 0) is 14.3 Å². The van der Waals surface area contributed by atoms with Crippen LogP contribution in [0.25, 0.3) is 0 Å². The lowest BCUT2D eigenvalue weighted by molar-refractivity contribution is -0.134. The predicted octanol–water partition coefficient (Wildman–Crippen LogP) is 14.5. The lowest BCUT2D eigenvalue weighted by atomic mass is 9.69. The number of carbonyl (C=O) groups excluding carboxylic acids is 3. The number of ether oxygens (including phenoxy) is 2. The molecule has 0 fully saturated rings. The van der Waals surface area contributed by atoms with E-state index in [9.17, 15) is 14.4 Å². The Morgan fingerprint density at radius 1 is 0.474 bits per heavy atom. The van der Waals surface area contributed by atoms with Gasteiger partial charge < -0.3 is 25.4 Å². The quantitative estimate of drug-likeness (QED) is 0.0535. The molecule has 0 radical (unpaired) electrons. The Morgan fingerprint density at radius 2 is 0.789 bits per heavy atom. The highest BCUT2D eigenvalue weighted by Crippen LogP contribution is 2.37. The number of carbonyl (C=O) groups is 3. The van der Waals surface area contributed by atoms with Gasteiger partial charge in [-0.15, -0.1) is 0 Å². The summed E-state index contributed by atoms with van der Waals surface area (Å²) in [6.45, 7) is 17.8. The van der Waals surface area contributed by atoms with Gasteiger partial charge in [-0.1, -0.05) is 221 Å². The van der Waals surface area contributed by atoms with Crippen molar-refractivity contribution in [2.24, 2.45) is 11.3 Å². The third kappa shape index (κ3) is 33.5. The van der Waals surface area contributed by atoms with Crippen LogP contribution in [0.2, 0.25) is 0 Å². The standard InChI is InChI=1S/C49H97N3O5/c1-9-11-13-15-17-19-21-23-25-26-28-30-32-34-36-38-40-51-47(55)57-44(45(53)52-49(7,8)48(5,6)41-43(3)4)42-56-46(54)50-39-37-35-33-31-29-27-24-22-20-18-16-14-12-10-2/h43-44H,9-42H2,1-8H3,(H,50,54)(H,51,55)(H,52,53). The molecule has 0 aliphatic rings. The van der Waals surface area contributed by atoms with Crippen LogP contribution in [0.15, 0.2) is 0 Å². The van der Waals surface area contributed by atoms with Crippen LogP contribution in [0, 0.1) is 11.3 Å². The molecule has 3 N–H and O–H groups in total. The van der Waals surface area contributed by atoms with Crippen LogP contribution in [0.4, 0.5) is 9.59 Å². The number of hydrogen-bond donors (Lipinski definition) is 3. The van der Waals surface area contributed by atoms with E-state index in [0.717, 1.165) is 38.5 Å². The highest BCUT2D eigenvalue weighted by molar-refractivity contribution is 5.84. The summed E-state index contributed by atoms with van der Waals surface area (Å²) in [6, 6.07) is 0. The van der Waals surface area contributed by atoms with E-state index < -0.39 is 29.7 Å². The Hall–Kier alpha value is -1.99. The molecule has 338 valence electrons. The molecule has 0 aromatic carbocycles. The molecule has 8 nitrogen and oxygen atoms in total. The predicted molar refractivity (Wildman–Crippen MR) is 243 cm³/mol. The Labute approximate surface area is 354 Å². The van der Waals surface area contributed by atoms with E-state index in [1.807, 2.05) is 13.8 Å². The highest BCUT2D eigenvalue weighted by atomic mass is 16.6. The fraction of sp³-hybridized carbons (Fsp3) is 0.939. The maximum absolute atomic E-state index is 13.6. The number of nitrogens with one attached hydrogen (secondary N) is 3. The summed E-state index contributed by atoms with van der Waals surface area (Å²) in [5.41, 5.74) is -0.807. The van der Waals surface area contributed by atoms with Crippen molar-refractivity contribution in [3.05, 3.63) is 0 Å². The molecule has 0 aliphatic heterocycles. The second-order valence-corrected chi connectivity index (χ2v) is 18.8. The Morgan fingerprint density at radius 3 is 1.12 bits per heavy atom. The zero-order chi connectivity index (χ0) is 42.5. The molecular formula is C49H97N3O5. The van der Waals surface area contributed by atoms with Crippen LogP contribution in [0.1, 0.15) is 254 Å². The van der Waals surface area contributed by atoms with Crippen LogP contribution in [0.5, 0.6) is 0 Å². The smallest absolute Gasteiger partial charge is 0.408 e. The number of alkyl carbamates (subject to hydrolysis) is 2. The average molecular weight is 808 g/mol.